The van der Waals surface area contributed by atoms with E-state index in [0.29, 0.717) is 12.5 Å². The highest BCUT2D eigenvalue weighted by Gasteiger charge is 2.13. The van der Waals surface area contributed by atoms with Crippen LogP contribution in [-0.4, -0.2) is 38.3 Å². The second-order valence-electron chi connectivity index (χ2n) is 4.43. The summed E-state index contributed by atoms with van der Waals surface area (Å²) in [5.74, 6) is 0.608. The zero-order valence-corrected chi connectivity index (χ0v) is 9.71. The van der Waals surface area contributed by atoms with Gasteiger partial charge in [-0.1, -0.05) is 0 Å². The first-order chi connectivity index (χ1) is 7.18. The molecule has 0 spiro atoms. The molecule has 88 valence electrons. The van der Waals surface area contributed by atoms with Gasteiger partial charge >= 0.3 is 0 Å². The molecule has 1 saturated heterocycles. The zero-order valence-electron chi connectivity index (χ0n) is 9.71. The number of carbonyl (C=O) groups excluding carboxylic acids is 1. The molecule has 2 N–H and O–H groups in total. The third-order valence-electron chi connectivity index (χ3n) is 2.50. The summed E-state index contributed by atoms with van der Waals surface area (Å²) in [4.78, 5) is 11.2. The van der Waals surface area contributed by atoms with Crippen molar-refractivity contribution >= 4 is 5.91 Å². The van der Waals surface area contributed by atoms with Crippen molar-refractivity contribution in [1.29, 1.82) is 0 Å². The number of hydrogen-bond acceptors (Lipinski definition) is 3. The molecule has 0 aromatic rings. The number of carbonyl (C=O) groups is 1. The van der Waals surface area contributed by atoms with Crippen LogP contribution in [0.5, 0.6) is 0 Å². The molecule has 4 heteroatoms. The SMILES string of the molecule is CC(C)NC(=O)COCC1CCNCC1. The minimum Gasteiger partial charge on any atom is -0.371 e. The Morgan fingerprint density at radius 2 is 2.13 bits per heavy atom. The van der Waals surface area contributed by atoms with Gasteiger partial charge in [0.05, 0.1) is 6.61 Å². The van der Waals surface area contributed by atoms with Crippen molar-refractivity contribution in [3.05, 3.63) is 0 Å². The Kier molecular flexibility index (Phi) is 5.65. The van der Waals surface area contributed by atoms with Crippen LogP contribution in [0, 0.1) is 5.92 Å². The number of ether oxygens (including phenoxy) is 1. The Balaban J connectivity index is 2.02. The van der Waals surface area contributed by atoms with Gasteiger partial charge in [0.25, 0.3) is 0 Å². The molecule has 0 aliphatic carbocycles. The van der Waals surface area contributed by atoms with Crippen LogP contribution >= 0.6 is 0 Å². The van der Waals surface area contributed by atoms with Gasteiger partial charge in [-0.3, -0.25) is 4.79 Å². The highest BCUT2D eigenvalue weighted by molar-refractivity contribution is 5.77. The van der Waals surface area contributed by atoms with Gasteiger partial charge in [0.15, 0.2) is 0 Å². The van der Waals surface area contributed by atoms with E-state index in [9.17, 15) is 4.79 Å². The van der Waals surface area contributed by atoms with Crippen LogP contribution in [0.4, 0.5) is 0 Å². The molecule has 0 atom stereocenters. The van der Waals surface area contributed by atoms with Gasteiger partial charge in [-0.15, -0.1) is 0 Å². The van der Waals surface area contributed by atoms with Gasteiger partial charge in [-0.25, -0.2) is 0 Å². The van der Waals surface area contributed by atoms with Gasteiger partial charge in [0.2, 0.25) is 5.91 Å². The van der Waals surface area contributed by atoms with Crippen molar-refractivity contribution < 1.29 is 9.53 Å². The Morgan fingerprint density at radius 1 is 1.47 bits per heavy atom. The topological polar surface area (TPSA) is 50.4 Å². The Hall–Kier alpha value is -0.610. The van der Waals surface area contributed by atoms with E-state index in [1.807, 2.05) is 13.8 Å². The van der Waals surface area contributed by atoms with Crippen molar-refractivity contribution in [2.75, 3.05) is 26.3 Å². The lowest BCUT2D eigenvalue weighted by Crippen LogP contribution is -2.35. The monoisotopic (exact) mass is 214 g/mol. The number of piperidine rings is 1. The summed E-state index contributed by atoms with van der Waals surface area (Å²) in [5, 5.41) is 6.11. The van der Waals surface area contributed by atoms with E-state index in [2.05, 4.69) is 10.6 Å². The number of hydrogen-bond donors (Lipinski definition) is 2. The van der Waals surface area contributed by atoms with E-state index >= 15 is 0 Å². The molecular weight excluding hydrogens is 192 g/mol. The van der Waals surface area contributed by atoms with E-state index in [4.69, 9.17) is 4.74 Å². The smallest absolute Gasteiger partial charge is 0.246 e. The van der Waals surface area contributed by atoms with Crippen LogP contribution in [0.25, 0.3) is 0 Å². The van der Waals surface area contributed by atoms with Crippen LogP contribution in [0.2, 0.25) is 0 Å². The lowest BCUT2D eigenvalue weighted by Gasteiger charge is -2.22. The van der Waals surface area contributed by atoms with Gasteiger partial charge in [0.1, 0.15) is 6.61 Å². The fraction of sp³-hybridized carbons (Fsp3) is 0.909. The fourth-order valence-corrected chi connectivity index (χ4v) is 1.73. The highest BCUT2D eigenvalue weighted by atomic mass is 16.5. The maximum absolute atomic E-state index is 11.2. The van der Waals surface area contributed by atoms with Crippen molar-refractivity contribution in [2.24, 2.45) is 5.92 Å². The average molecular weight is 214 g/mol. The summed E-state index contributed by atoms with van der Waals surface area (Å²) in [6, 6.07) is 0.194. The summed E-state index contributed by atoms with van der Waals surface area (Å²) < 4.78 is 5.40. The van der Waals surface area contributed by atoms with E-state index in [-0.39, 0.29) is 18.6 Å². The molecule has 15 heavy (non-hydrogen) atoms. The summed E-state index contributed by atoms with van der Waals surface area (Å²) in [6.07, 6.45) is 2.32. The molecule has 0 aromatic heterocycles. The van der Waals surface area contributed by atoms with Crippen molar-refractivity contribution in [2.45, 2.75) is 32.7 Å². The second-order valence-corrected chi connectivity index (χ2v) is 4.43. The molecule has 1 fully saturated rings. The van der Waals surface area contributed by atoms with Crippen LogP contribution in [0.1, 0.15) is 26.7 Å². The Bertz CT molecular complexity index is 189. The molecular formula is C11H22N2O2. The number of nitrogens with one attached hydrogen (secondary N) is 2. The summed E-state index contributed by atoms with van der Waals surface area (Å²) in [5.41, 5.74) is 0. The molecule has 0 unspecified atom stereocenters. The number of amides is 1. The third-order valence-corrected chi connectivity index (χ3v) is 2.50. The van der Waals surface area contributed by atoms with Crippen molar-refractivity contribution in [1.82, 2.24) is 10.6 Å². The molecule has 0 radical (unpaired) electrons. The van der Waals surface area contributed by atoms with Crippen molar-refractivity contribution in [3.8, 4) is 0 Å². The maximum atomic E-state index is 11.2. The molecule has 1 aliphatic rings. The van der Waals surface area contributed by atoms with Crippen LogP contribution < -0.4 is 10.6 Å². The molecule has 1 amide bonds. The Labute approximate surface area is 91.8 Å². The predicted octanol–water partition coefficient (Wildman–Crippen LogP) is 0.527. The minimum atomic E-state index is -0.0149. The summed E-state index contributed by atoms with van der Waals surface area (Å²) >= 11 is 0. The quantitative estimate of drug-likeness (QED) is 0.702. The Morgan fingerprint density at radius 3 is 2.73 bits per heavy atom. The fourth-order valence-electron chi connectivity index (χ4n) is 1.73. The van der Waals surface area contributed by atoms with Gasteiger partial charge in [-0.05, 0) is 45.7 Å². The van der Waals surface area contributed by atoms with Gasteiger partial charge in [-0.2, -0.15) is 0 Å². The summed E-state index contributed by atoms with van der Waals surface area (Å²) in [6.45, 7) is 6.96. The first-order valence-corrected chi connectivity index (χ1v) is 5.76. The lowest BCUT2D eigenvalue weighted by atomic mass is 9.99. The lowest BCUT2D eigenvalue weighted by molar-refractivity contribution is -0.126. The van der Waals surface area contributed by atoms with Crippen LogP contribution in [0.15, 0.2) is 0 Å². The average Bonchev–Trinajstić information content (AvgIpc) is 2.18. The van der Waals surface area contributed by atoms with E-state index in [0.717, 1.165) is 25.9 Å². The normalized spacial score (nSPS) is 18.1. The third kappa shape index (κ3) is 5.74. The van der Waals surface area contributed by atoms with E-state index in [1.54, 1.807) is 0 Å². The molecule has 1 heterocycles. The molecule has 1 aliphatic heterocycles. The minimum absolute atomic E-state index is 0.0149. The number of rotatable bonds is 5. The first kappa shape index (κ1) is 12.5. The first-order valence-electron chi connectivity index (χ1n) is 5.76. The van der Waals surface area contributed by atoms with Crippen molar-refractivity contribution in [3.63, 3.8) is 0 Å². The molecule has 4 nitrogen and oxygen atoms in total. The highest BCUT2D eigenvalue weighted by Crippen LogP contribution is 2.11. The van der Waals surface area contributed by atoms with Gasteiger partial charge in [0, 0.05) is 6.04 Å². The standard InChI is InChI=1S/C11H22N2O2/c1-9(2)13-11(14)8-15-7-10-3-5-12-6-4-10/h9-10,12H,3-8H2,1-2H3,(H,13,14). The maximum Gasteiger partial charge on any atom is 0.246 e. The second kappa shape index (κ2) is 6.80. The largest absolute Gasteiger partial charge is 0.371 e. The van der Waals surface area contributed by atoms with Crippen LogP contribution in [-0.2, 0) is 9.53 Å². The van der Waals surface area contributed by atoms with Crippen LogP contribution in [0.3, 0.4) is 0 Å². The zero-order chi connectivity index (χ0) is 11.1. The molecule has 0 aromatic carbocycles. The van der Waals surface area contributed by atoms with E-state index in [1.165, 1.54) is 0 Å². The summed E-state index contributed by atoms with van der Waals surface area (Å²) in [7, 11) is 0. The molecule has 0 bridgehead atoms. The van der Waals surface area contributed by atoms with Gasteiger partial charge < -0.3 is 15.4 Å². The van der Waals surface area contributed by atoms with E-state index < -0.39 is 0 Å². The molecule has 0 saturated carbocycles. The molecule has 1 rings (SSSR count). The predicted molar refractivity (Wildman–Crippen MR) is 59.7 cm³/mol.